The second kappa shape index (κ2) is 6.53. The van der Waals surface area contributed by atoms with Gasteiger partial charge in [0.15, 0.2) is 6.17 Å². The molecule has 0 aliphatic carbocycles. The molecule has 27 heavy (non-hydrogen) atoms. The Hall–Kier alpha value is -3.74. The van der Waals surface area contributed by atoms with Crippen LogP contribution in [0.3, 0.4) is 0 Å². The van der Waals surface area contributed by atoms with Crippen LogP contribution in [0.5, 0.6) is 5.75 Å². The van der Waals surface area contributed by atoms with Crippen molar-refractivity contribution in [1.29, 1.82) is 0 Å². The maximum absolute atomic E-state index is 11.1. The van der Waals surface area contributed by atoms with Gasteiger partial charge in [0.25, 0.3) is 0 Å². The first-order valence-electron chi connectivity index (χ1n) is 8.26. The van der Waals surface area contributed by atoms with E-state index in [4.69, 9.17) is 20.0 Å². The Morgan fingerprint density at radius 2 is 1.85 bits per heavy atom. The number of ether oxygens (including phenoxy) is 1. The number of methoxy groups -OCH3 is 1. The predicted molar refractivity (Wildman–Crippen MR) is 98.7 cm³/mol. The first-order valence-corrected chi connectivity index (χ1v) is 8.26. The summed E-state index contributed by atoms with van der Waals surface area (Å²) in [5.74, 6) is 0.261. The van der Waals surface area contributed by atoms with Gasteiger partial charge in [-0.1, -0.05) is 12.1 Å². The lowest BCUT2D eigenvalue weighted by atomic mass is 10.1. The van der Waals surface area contributed by atoms with Gasteiger partial charge in [0.05, 0.1) is 24.2 Å². The van der Waals surface area contributed by atoms with Crippen LogP contribution in [0, 0.1) is 0 Å². The van der Waals surface area contributed by atoms with Gasteiger partial charge in [-0.05, 0) is 48.0 Å². The maximum Gasteiger partial charge on any atom is 0.335 e. The van der Waals surface area contributed by atoms with Crippen molar-refractivity contribution < 1.29 is 19.1 Å². The molecular formula is C20H17N3O4. The lowest BCUT2D eigenvalue weighted by Gasteiger charge is -2.32. The molecule has 1 unspecified atom stereocenters. The average Bonchev–Trinajstić information content (AvgIpc) is 3.17. The normalized spacial score (nSPS) is 15.8. The van der Waals surface area contributed by atoms with E-state index in [1.165, 1.54) is 0 Å². The molecule has 0 fully saturated rings. The number of hydrogen-bond donors (Lipinski definition) is 2. The molecule has 0 saturated heterocycles. The number of benzene rings is 2. The van der Waals surface area contributed by atoms with E-state index in [1.807, 2.05) is 29.2 Å². The number of nitrogens with zero attached hydrogens (tertiary/aromatic N) is 2. The van der Waals surface area contributed by atoms with E-state index in [9.17, 15) is 4.79 Å². The SMILES string of the molecule is COc1ccc(N2C(N)=c3ccoc3=NC2c2ccc(C(=O)O)cc2)cc1. The van der Waals surface area contributed by atoms with Gasteiger partial charge in [-0.2, -0.15) is 0 Å². The fraction of sp³-hybridized carbons (Fsp3) is 0.100. The van der Waals surface area contributed by atoms with Crippen LogP contribution in [0.15, 0.2) is 70.3 Å². The van der Waals surface area contributed by atoms with Crippen LogP contribution in [0.4, 0.5) is 5.69 Å². The van der Waals surface area contributed by atoms with Crippen LogP contribution in [-0.2, 0) is 0 Å². The summed E-state index contributed by atoms with van der Waals surface area (Å²) >= 11 is 0. The molecule has 0 amide bonds. The number of nitrogens with two attached hydrogens (primary N) is 1. The first-order chi connectivity index (χ1) is 13.1. The van der Waals surface area contributed by atoms with Crippen LogP contribution < -0.4 is 26.1 Å². The molecule has 7 heteroatoms. The Morgan fingerprint density at radius 3 is 2.48 bits per heavy atom. The standard InChI is InChI=1S/C20H17N3O4/c1-26-15-8-6-14(7-9-15)23-17(21)16-10-11-27-19(16)22-18(23)12-2-4-13(5-3-12)20(24)25/h2-11,18H,21H2,1H3,(H,24,25). The van der Waals surface area contributed by atoms with Gasteiger partial charge >= 0.3 is 5.97 Å². The second-order valence-electron chi connectivity index (χ2n) is 6.02. The topological polar surface area (TPSA) is 101 Å². The van der Waals surface area contributed by atoms with E-state index in [1.54, 1.807) is 43.7 Å². The van der Waals surface area contributed by atoms with Gasteiger partial charge in [-0.3, -0.25) is 0 Å². The van der Waals surface area contributed by atoms with Crippen molar-refractivity contribution in [2.24, 2.45) is 10.7 Å². The van der Waals surface area contributed by atoms with E-state index in [0.717, 1.165) is 17.0 Å². The predicted octanol–water partition coefficient (Wildman–Crippen LogP) is 1.85. The number of rotatable bonds is 4. The lowest BCUT2D eigenvalue weighted by molar-refractivity contribution is 0.0697. The maximum atomic E-state index is 11.1. The van der Waals surface area contributed by atoms with E-state index < -0.39 is 12.1 Å². The van der Waals surface area contributed by atoms with Crippen molar-refractivity contribution in [3.63, 3.8) is 0 Å². The summed E-state index contributed by atoms with van der Waals surface area (Å²) in [6.07, 6.45) is 1.06. The van der Waals surface area contributed by atoms with E-state index in [0.29, 0.717) is 16.6 Å². The molecular weight excluding hydrogens is 346 g/mol. The molecule has 4 rings (SSSR count). The highest BCUT2D eigenvalue weighted by Gasteiger charge is 2.27. The molecule has 0 radical (unpaired) electrons. The Morgan fingerprint density at radius 1 is 1.15 bits per heavy atom. The molecule has 0 bridgehead atoms. The zero-order chi connectivity index (χ0) is 19.0. The molecule has 1 atom stereocenters. The highest BCUT2D eigenvalue weighted by molar-refractivity contribution is 5.87. The monoisotopic (exact) mass is 363 g/mol. The Balaban J connectivity index is 1.85. The summed E-state index contributed by atoms with van der Waals surface area (Å²) in [5, 5.41) is 9.84. The molecule has 0 saturated carbocycles. The summed E-state index contributed by atoms with van der Waals surface area (Å²) in [4.78, 5) is 17.7. The number of hydrogen-bond acceptors (Lipinski definition) is 6. The van der Waals surface area contributed by atoms with Crippen LogP contribution in [0.25, 0.3) is 5.82 Å². The fourth-order valence-electron chi connectivity index (χ4n) is 3.07. The fourth-order valence-corrected chi connectivity index (χ4v) is 3.07. The molecule has 7 nitrogen and oxygen atoms in total. The number of fused-ring (bicyclic) bond motifs is 1. The van der Waals surface area contributed by atoms with Crippen molar-refractivity contribution in [2.75, 3.05) is 12.0 Å². The van der Waals surface area contributed by atoms with Crippen molar-refractivity contribution in [1.82, 2.24) is 0 Å². The van der Waals surface area contributed by atoms with Gasteiger partial charge < -0.3 is 24.9 Å². The average molecular weight is 363 g/mol. The lowest BCUT2D eigenvalue weighted by Crippen LogP contribution is -2.43. The molecule has 0 spiro atoms. The molecule has 3 N–H and O–H groups in total. The number of furan rings is 1. The minimum Gasteiger partial charge on any atom is -0.497 e. The van der Waals surface area contributed by atoms with Crippen LogP contribution in [0.2, 0.25) is 0 Å². The molecule has 136 valence electrons. The number of aromatic carboxylic acids is 1. The highest BCUT2D eigenvalue weighted by atomic mass is 16.5. The van der Waals surface area contributed by atoms with E-state index >= 15 is 0 Å². The Kier molecular flexibility index (Phi) is 4.04. The van der Waals surface area contributed by atoms with Crippen LogP contribution >= 0.6 is 0 Å². The van der Waals surface area contributed by atoms with Crippen molar-refractivity contribution >= 4 is 17.5 Å². The van der Waals surface area contributed by atoms with Gasteiger partial charge in [-0.15, -0.1) is 0 Å². The minimum absolute atomic E-state index is 0.209. The molecule has 1 aliphatic rings. The second-order valence-corrected chi connectivity index (χ2v) is 6.02. The zero-order valence-corrected chi connectivity index (χ0v) is 14.5. The van der Waals surface area contributed by atoms with Crippen LogP contribution in [0.1, 0.15) is 22.1 Å². The number of carboxylic acid groups (broad SMARTS) is 1. The smallest absolute Gasteiger partial charge is 0.335 e. The Bertz CT molecular complexity index is 1100. The highest BCUT2D eigenvalue weighted by Crippen LogP contribution is 2.32. The minimum atomic E-state index is -0.978. The molecule has 3 aromatic rings. The van der Waals surface area contributed by atoms with E-state index in [2.05, 4.69) is 4.99 Å². The molecule has 1 aromatic heterocycles. The van der Waals surface area contributed by atoms with Gasteiger partial charge in [0.2, 0.25) is 5.55 Å². The van der Waals surface area contributed by atoms with Gasteiger partial charge in [0.1, 0.15) is 11.6 Å². The van der Waals surface area contributed by atoms with Gasteiger partial charge in [-0.25, -0.2) is 9.79 Å². The summed E-state index contributed by atoms with van der Waals surface area (Å²) in [6, 6.07) is 15.8. The number of anilines is 1. The van der Waals surface area contributed by atoms with E-state index in [-0.39, 0.29) is 5.56 Å². The molecule has 2 heterocycles. The van der Waals surface area contributed by atoms with Crippen molar-refractivity contribution in [2.45, 2.75) is 6.17 Å². The molecule has 2 aromatic carbocycles. The van der Waals surface area contributed by atoms with Crippen LogP contribution in [-0.4, -0.2) is 18.2 Å². The first kappa shape index (κ1) is 16.7. The van der Waals surface area contributed by atoms with Crippen molar-refractivity contribution in [3.05, 3.63) is 82.8 Å². The third-order valence-corrected chi connectivity index (χ3v) is 4.47. The summed E-state index contributed by atoms with van der Waals surface area (Å²) in [5.41, 5.74) is 8.72. The zero-order valence-electron chi connectivity index (χ0n) is 14.5. The third-order valence-electron chi connectivity index (χ3n) is 4.47. The number of carboxylic acids is 1. The Labute approximate surface area is 154 Å². The third kappa shape index (κ3) is 2.89. The largest absolute Gasteiger partial charge is 0.497 e. The summed E-state index contributed by atoms with van der Waals surface area (Å²) in [7, 11) is 1.61. The quantitative estimate of drug-likeness (QED) is 0.734. The molecule has 1 aliphatic heterocycles. The number of carbonyl (C=O) groups is 1. The summed E-state index contributed by atoms with van der Waals surface area (Å²) in [6.45, 7) is 0. The summed E-state index contributed by atoms with van der Waals surface area (Å²) < 4.78 is 10.7. The van der Waals surface area contributed by atoms with Crippen molar-refractivity contribution in [3.8, 4) is 5.75 Å². The van der Waals surface area contributed by atoms with Gasteiger partial charge in [0, 0.05) is 5.69 Å².